The summed E-state index contributed by atoms with van der Waals surface area (Å²) in [5.41, 5.74) is 8.14. The first-order valence-corrected chi connectivity index (χ1v) is 11.8. The second kappa shape index (κ2) is 7.98. The van der Waals surface area contributed by atoms with Crippen LogP contribution in [-0.4, -0.2) is 16.4 Å². The lowest BCUT2D eigenvalue weighted by Gasteiger charge is -2.22. The molecule has 2 aromatic rings. The summed E-state index contributed by atoms with van der Waals surface area (Å²) in [5.74, 6) is 0.142. The van der Waals surface area contributed by atoms with Crippen molar-refractivity contribution in [1.82, 2.24) is 0 Å². The summed E-state index contributed by atoms with van der Waals surface area (Å²) in [5, 5.41) is 1.36. The Labute approximate surface area is 172 Å². The predicted molar refractivity (Wildman–Crippen MR) is 115 cm³/mol. The van der Waals surface area contributed by atoms with Gasteiger partial charge in [0, 0.05) is 10.7 Å². The minimum atomic E-state index is -0.0864. The molecule has 2 atom stereocenters. The van der Waals surface area contributed by atoms with E-state index < -0.39 is 0 Å². The molecule has 3 heteroatoms. The summed E-state index contributed by atoms with van der Waals surface area (Å²) in [7, 11) is 0. The highest BCUT2D eigenvalue weighted by Gasteiger charge is 2.29. The van der Waals surface area contributed by atoms with E-state index >= 15 is 0 Å². The van der Waals surface area contributed by atoms with E-state index in [0.717, 1.165) is 12.8 Å². The molecule has 136 valence electrons. The Balaban J connectivity index is 1.62. The highest BCUT2D eigenvalue weighted by Crippen LogP contribution is 2.34. The van der Waals surface area contributed by atoms with Gasteiger partial charge in [-0.25, -0.2) is 0 Å². The van der Waals surface area contributed by atoms with Crippen LogP contribution >= 0.6 is 31.9 Å². The van der Waals surface area contributed by atoms with Gasteiger partial charge in [0.05, 0.1) is 11.8 Å². The maximum atomic E-state index is 13.4. The average Bonchev–Trinajstić information content (AvgIpc) is 3.31. The molecule has 2 aliphatic rings. The number of hydrogen-bond acceptors (Lipinski definition) is 1. The molecule has 0 aliphatic heterocycles. The quantitative estimate of drug-likeness (QED) is 0.476. The molecular formula is C23H24Br2O. The smallest absolute Gasteiger partial charge is 0.149 e. The first-order valence-electron chi connectivity index (χ1n) is 9.60. The van der Waals surface area contributed by atoms with Crippen molar-refractivity contribution in [2.75, 3.05) is 10.7 Å². The summed E-state index contributed by atoms with van der Waals surface area (Å²) < 4.78 is 0. The minimum Gasteiger partial charge on any atom is -0.298 e. The van der Waals surface area contributed by atoms with Gasteiger partial charge in [-0.1, -0.05) is 68.3 Å². The Morgan fingerprint density at radius 3 is 1.58 bits per heavy atom. The standard InChI is InChI=1S/C23H24Br2O/c24-13-21(19-9-7-15-3-1-5-17(15)11-19)23(26)22(14-25)20-10-8-16-4-2-6-18(16)12-20/h7-12,21-22H,1-6,13-14H2. The lowest BCUT2D eigenvalue weighted by atomic mass is 9.84. The van der Waals surface area contributed by atoms with Crippen molar-refractivity contribution in [3.8, 4) is 0 Å². The van der Waals surface area contributed by atoms with Gasteiger partial charge in [-0.3, -0.25) is 4.79 Å². The molecule has 0 saturated heterocycles. The van der Waals surface area contributed by atoms with Crippen molar-refractivity contribution in [3.05, 3.63) is 69.8 Å². The van der Waals surface area contributed by atoms with Crippen LogP contribution in [-0.2, 0) is 30.5 Å². The van der Waals surface area contributed by atoms with Crippen molar-refractivity contribution in [3.63, 3.8) is 0 Å². The lowest BCUT2D eigenvalue weighted by molar-refractivity contribution is -0.121. The van der Waals surface area contributed by atoms with E-state index in [0.29, 0.717) is 16.4 Å². The normalized spacial score (nSPS) is 17.6. The number of Topliss-reactive ketones (excluding diaryl/α,β-unsaturated/α-hetero) is 1. The summed E-state index contributed by atoms with van der Waals surface area (Å²) in [4.78, 5) is 13.4. The molecule has 2 aromatic carbocycles. The fourth-order valence-corrected chi connectivity index (χ4v) is 5.90. The Bertz CT molecular complexity index is 759. The molecule has 0 saturated carbocycles. The molecule has 0 amide bonds. The number of carbonyl (C=O) groups excluding carboxylic acids is 1. The molecule has 0 N–H and O–H groups in total. The van der Waals surface area contributed by atoms with E-state index in [1.807, 2.05) is 0 Å². The third-order valence-electron chi connectivity index (χ3n) is 6.05. The Hall–Kier alpha value is -0.930. The van der Waals surface area contributed by atoms with Crippen molar-refractivity contribution in [2.45, 2.75) is 50.4 Å². The third-order valence-corrected chi connectivity index (χ3v) is 7.34. The van der Waals surface area contributed by atoms with Crippen LogP contribution in [0.15, 0.2) is 36.4 Å². The van der Waals surface area contributed by atoms with Crippen molar-refractivity contribution in [1.29, 1.82) is 0 Å². The number of hydrogen-bond donors (Lipinski definition) is 0. The van der Waals surface area contributed by atoms with Crippen LogP contribution in [0.5, 0.6) is 0 Å². The molecule has 2 unspecified atom stereocenters. The number of rotatable bonds is 6. The molecule has 0 bridgehead atoms. The number of fused-ring (bicyclic) bond motifs is 2. The van der Waals surface area contributed by atoms with Crippen molar-refractivity contribution >= 4 is 37.6 Å². The molecule has 26 heavy (non-hydrogen) atoms. The van der Waals surface area contributed by atoms with Gasteiger partial charge in [0.2, 0.25) is 0 Å². The van der Waals surface area contributed by atoms with Crippen LogP contribution in [0.25, 0.3) is 0 Å². The summed E-state index contributed by atoms with van der Waals surface area (Å²) >= 11 is 7.23. The Kier molecular flexibility index (Phi) is 5.66. The van der Waals surface area contributed by atoms with Crippen LogP contribution in [0.4, 0.5) is 0 Å². The van der Waals surface area contributed by atoms with Crippen LogP contribution in [0.2, 0.25) is 0 Å². The van der Waals surface area contributed by atoms with Gasteiger partial charge in [-0.15, -0.1) is 0 Å². The highest BCUT2D eigenvalue weighted by atomic mass is 79.9. The van der Waals surface area contributed by atoms with Crippen molar-refractivity contribution < 1.29 is 4.79 Å². The van der Waals surface area contributed by atoms with E-state index in [2.05, 4.69) is 68.3 Å². The largest absolute Gasteiger partial charge is 0.298 e. The predicted octanol–water partition coefficient (Wildman–Crippen LogP) is 5.89. The second-order valence-corrected chi connectivity index (χ2v) is 8.87. The molecule has 1 nitrogen and oxygen atoms in total. The van der Waals surface area contributed by atoms with Crippen molar-refractivity contribution in [2.24, 2.45) is 0 Å². The number of halogens is 2. The van der Waals surface area contributed by atoms with E-state index in [1.54, 1.807) is 0 Å². The zero-order valence-corrected chi connectivity index (χ0v) is 18.1. The fraction of sp³-hybridized carbons (Fsp3) is 0.435. The van der Waals surface area contributed by atoms with Crippen LogP contribution < -0.4 is 0 Å². The molecular weight excluding hydrogens is 452 g/mol. The lowest BCUT2D eigenvalue weighted by Crippen LogP contribution is -2.23. The number of ketones is 1. The second-order valence-electron chi connectivity index (χ2n) is 7.58. The monoisotopic (exact) mass is 474 g/mol. The van der Waals surface area contributed by atoms with Crippen LogP contribution in [0, 0.1) is 0 Å². The zero-order valence-electron chi connectivity index (χ0n) is 14.9. The van der Waals surface area contributed by atoms with Crippen LogP contribution in [0.3, 0.4) is 0 Å². The molecule has 0 spiro atoms. The van der Waals surface area contributed by atoms with Gasteiger partial charge in [0.25, 0.3) is 0 Å². The van der Waals surface area contributed by atoms with Gasteiger partial charge in [0.15, 0.2) is 0 Å². The summed E-state index contributed by atoms with van der Waals surface area (Å²) in [6.07, 6.45) is 7.15. The Morgan fingerprint density at radius 1 is 0.731 bits per heavy atom. The fourth-order valence-electron chi connectivity index (χ4n) is 4.52. The topological polar surface area (TPSA) is 17.1 Å². The molecule has 4 rings (SSSR count). The third kappa shape index (κ3) is 3.45. The number of benzene rings is 2. The summed E-state index contributed by atoms with van der Waals surface area (Å²) in [6, 6.07) is 13.4. The first kappa shape index (κ1) is 18.4. The molecule has 0 fully saturated rings. The molecule has 2 aliphatic carbocycles. The average molecular weight is 476 g/mol. The minimum absolute atomic E-state index is 0.0864. The number of alkyl halides is 2. The summed E-state index contributed by atoms with van der Waals surface area (Å²) in [6.45, 7) is 0. The van der Waals surface area contributed by atoms with Gasteiger partial charge in [-0.05, 0) is 71.9 Å². The molecule has 0 aromatic heterocycles. The van der Waals surface area contributed by atoms with Crippen LogP contribution in [0.1, 0.15) is 58.1 Å². The van der Waals surface area contributed by atoms with E-state index in [4.69, 9.17) is 0 Å². The van der Waals surface area contributed by atoms with E-state index in [-0.39, 0.29) is 11.8 Å². The first-order chi connectivity index (χ1) is 12.7. The SMILES string of the molecule is O=C(C(CBr)c1ccc2c(c1)CCC2)C(CBr)c1ccc2c(c1)CCC2. The van der Waals surface area contributed by atoms with Gasteiger partial charge >= 0.3 is 0 Å². The molecule has 0 radical (unpaired) electrons. The number of aryl methyl sites for hydroxylation is 4. The molecule has 0 heterocycles. The number of carbonyl (C=O) groups is 1. The maximum absolute atomic E-state index is 13.4. The van der Waals surface area contributed by atoms with Gasteiger partial charge in [0.1, 0.15) is 5.78 Å². The Morgan fingerprint density at radius 2 is 1.15 bits per heavy atom. The van der Waals surface area contributed by atoms with Gasteiger partial charge < -0.3 is 0 Å². The zero-order chi connectivity index (χ0) is 18.1. The van der Waals surface area contributed by atoms with E-state index in [1.165, 1.54) is 59.1 Å². The highest BCUT2D eigenvalue weighted by molar-refractivity contribution is 9.09. The maximum Gasteiger partial charge on any atom is 0.149 e. The van der Waals surface area contributed by atoms with E-state index in [9.17, 15) is 4.79 Å². The van der Waals surface area contributed by atoms with Gasteiger partial charge in [-0.2, -0.15) is 0 Å².